The van der Waals surface area contributed by atoms with Crippen molar-refractivity contribution < 1.29 is 4.79 Å². The van der Waals surface area contributed by atoms with Crippen LogP contribution in [0.2, 0.25) is 0 Å². The Balaban J connectivity index is 1.54. The molecule has 0 radical (unpaired) electrons. The van der Waals surface area contributed by atoms with E-state index < -0.39 is 0 Å². The van der Waals surface area contributed by atoms with E-state index in [0.29, 0.717) is 17.8 Å². The lowest BCUT2D eigenvalue weighted by molar-refractivity contribution is 0.0953. The Bertz CT molecular complexity index is 960. The summed E-state index contributed by atoms with van der Waals surface area (Å²) in [4.78, 5) is 28.0. The maximum Gasteiger partial charge on any atom is 0.266 e. The molecule has 1 amide bonds. The van der Waals surface area contributed by atoms with Crippen molar-refractivity contribution in [2.75, 3.05) is 6.54 Å². The summed E-state index contributed by atoms with van der Waals surface area (Å²) in [5.41, 5.74) is 3.04. The number of hydrogen-bond donors (Lipinski definition) is 1. The van der Waals surface area contributed by atoms with Gasteiger partial charge in [0.1, 0.15) is 0 Å². The minimum absolute atomic E-state index is 0.0970. The van der Waals surface area contributed by atoms with Gasteiger partial charge in [-0.3, -0.25) is 9.59 Å². The standard InChI is InChI=1S/C19H20N4O2S/c1-13-12-26-17(21-13)4-3-11-20-19(25)15-7-5-14(6-8-15)16-9-10-18(24)23(2)22-16/h5-10,12H,3-4,11H2,1-2H3,(H,20,25). The van der Waals surface area contributed by atoms with Gasteiger partial charge in [0.05, 0.1) is 10.7 Å². The minimum Gasteiger partial charge on any atom is -0.352 e. The summed E-state index contributed by atoms with van der Waals surface area (Å²) in [6, 6.07) is 10.4. The molecule has 0 atom stereocenters. The number of benzene rings is 1. The fraction of sp³-hybridized carbons (Fsp3) is 0.263. The van der Waals surface area contributed by atoms with Crippen LogP contribution in [-0.2, 0) is 13.5 Å². The summed E-state index contributed by atoms with van der Waals surface area (Å²) in [6.07, 6.45) is 1.73. The number of thiazole rings is 1. The zero-order chi connectivity index (χ0) is 18.5. The average Bonchev–Trinajstić information content (AvgIpc) is 3.06. The molecule has 6 nitrogen and oxygen atoms in total. The molecular weight excluding hydrogens is 348 g/mol. The Morgan fingerprint density at radius 3 is 2.62 bits per heavy atom. The highest BCUT2D eigenvalue weighted by Gasteiger charge is 2.07. The Morgan fingerprint density at radius 2 is 1.96 bits per heavy atom. The molecule has 0 bridgehead atoms. The molecule has 0 unspecified atom stereocenters. The SMILES string of the molecule is Cc1csc(CCCNC(=O)c2ccc(-c3ccc(=O)n(C)n3)cc2)n1. The second-order valence-corrected chi connectivity index (χ2v) is 6.94. The van der Waals surface area contributed by atoms with Crippen molar-refractivity contribution in [2.24, 2.45) is 7.05 Å². The lowest BCUT2D eigenvalue weighted by Crippen LogP contribution is -2.24. The molecule has 2 heterocycles. The third-order valence-corrected chi connectivity index (χ3v) is 4.95. The minimum atomic E-state index is -0.155. The normalized spacial score (nSPS) is 10.7. The number of nitrogens with one attached hydrogen (secondary N) is 1. The van der Waals surface area contributed by atoms with E-state index in [1.165, 1.54) is 10.7 Å². The van der Waals surface area contributed by atoms with Gasteiger partial charge in [0.25, 0.3) is 11.5 Å². The van der Waals surface area contributed by atoms with E-state index in [1.54, 1.807) is 36.6 Å². The van der Waals surface area contributed by atoms with Gasteiger partial charge >= 0.3 is 0 Å². The first-order valence-corrected chi connectivity index (χ1v) is 9.25. The maximum atomic E-state index is 12.2. The zero-order valence-corrected chi connectivity index (χ0v) is 15.5. The molecule has 7 heteroatoms. The molecule has 1 N–H and O–H groups in total. The van der Waals surface area contributed by atoms with Crippen LogP contribution in [0.1, 0.15) is 27.5 Å². The predicted octanol–water partition coefficient (Wildman–Crippen LogP) is 2.57. The number of amides is 1. The van der Waals surface area contributed by atoms with Gasteiger partial charge in [0, 0.05) is 48.3 Å². The molecule has 0 aliphatic carbocycles. The second-order valence-electron chi connectivity index (χ2n) is 6.00. The monoisotopic (exact) mass is 368 g/mol. The molecule has 0 aliphatic rings. The van der Waals surface area contributed by atoms with Crippen LogP contribution >= 0.6 is 11.3 Å². The van der Waals surface area contributed by atoms with Crippen LogP contribution in [0, 0.1) is 6.92 Å². The zero-order valence-electron chi connectivity index (χ0n) is 14.7. The van der Waals surface area contributed by atoms with Gasteiger partial charge < -0.3 is 5.32 Å². The van der Waals surface area contributed by atoms with Gasteiger partial charge in [-0.15, -0.1) is 11.3 Å². The lowest BCUT2D eigenvalue weighted by atomic mass is 10.1. The molecule has 0 aliphatic heterocycles. The Labute approximate surface area is 155 Å². The highest BCUT2D eigenvalue weighted by atomic mass is 32.1. The highest BCUT2D eigenvalue weighted by molar-refractivity contribution is 7.09. The van der Waals surface area contributed by atoms with Crippen molar-refractivity contribution in [3.05, 3.63) is 68.4 Å². The van der Waals surface area contributed by atoms with Crippen molar-refractivity contribution in [3.8, 4) is 11.3 Å². The van der Waals surface area contributed by atoms with E-state index in [2.05, 4.69) is 15.4 Å². The van der Waals surface area contributed by atoms with Gasteiger partial charge in [0.2, 0.25) is 0 Å². The van der Waals surface area contributed by atoms with Crippen LogP contribution in [0.5, 0.6) is 0 Å². The summed E-state index contributed by atoms with van der Waals surface area (Å²) >= 11 is 1.66. The number of hydrogen-bond acceptors (Lipinski definition) is 5. The van der Waals surface area contributed by atoms with Crippen molar-refractivity contribution in [1.82, 2.24) is 20.1 Å². The Kier molecular flexibility index (Phi) is 5.58. The van der Waals surface area contributed by atoms with Gasteiger partial charge in [0.15, 0.2) is 0 Å². The van der Waals surface area contributed by atoms with Crippen LogP contribution < -0.4 is 10.9 Å². The molecule has 3 aromatic rings. The molecule has 0 fully saturated rings. The van der Waals surface area contributed by atoms with Crippen molar-refractivity contribution in [1.29, 1.82) is 0 Å². The summed E-state index contributed by atoms with van der Waals surface area (Å²) < 4.78 is 1.29. The Hall–Kier alpha value is -2.80. The smallest absolute Gasteiger partial charge is 0.266 e. The fourth-order valence-electron chi connectivity index (χ4n) is 2.51. The maximum absolute atomic E-state index is 12.2. The summed E-state index contributed by atoms with van der Waals surface area (Å²) in [6.45, 7) is 2.59. The molecule has 0 saturated carbocycles. The molecule has 2 aromatic heterocycles. The third-order valence-electron chi connectivity index (χ3n) is 3.92. The first kappa shape index (κ1) is 18.0. The van der Waals surface area contributed by atoms with Crippen LogP contribution in [0.3, 0.4) is 0 Å². The van der Waals surface area contributed by atoms with Crippen LogP contribution in [0.4, 0.5) is 0 Å². The fourth-order valence-corrected chi connectivity index (χ4v) is 3.33. The molecule has 26 heavy (non-hydrogen) atoms. The number of carbonyl (C=O) groups is 1. The Morgan fingerprint density at radius 1 is 1.19 bits per heavy atom. The van der Waals surface area contributed by atoms with Gasteiger partial charge in [-0.1, -0.05) is 12.1 Å². The van der Waals surface area contributed by atoms with Crippen molar-refractivity contribution in [2.45, 2.75) is 19.8 Å². The van der Waals surface area contributed by atoms with Crippen LogP contribution in [-0.4, -0.2) is 27.2 Å². The number of nitrogens with zero attached hydrogens (tertiary/aromatic N) is 3. The van der Waals surface area contributed by atoms with Gasteiger partial charge in [-0.2, -0.15) is 5.10 Å². The van der Waals surface area contributed by atoms with E-state index >= 15 is 0 Å². The molecule has 0 spiro atoms. The largest absolute Gasteiger partial charge is 0.352 e. The molecule has 0 saturated heterocycles. The van der Waals surface area contributed by atoms with E-state index in [-0.39, 0.29) is 11.5 Å². The van der Waals surface area contributed by atoms with E-state index in [1.807, 2.05) is 24.4 Å². The molecule has 134 valence electrons. The van der Waals surface area contributed by atoms with Crippen molar-refractivity contribution in [3.63, 3.8) is 0 Å². The van der Waals surface area contributed by atoms with Gasteiger partial charge in [-0.25, -0.2) is 9.67 Å². The first-order chi connectivity index (χ1) is 12.5. The van der Waals surface area contributed by atoms with Gasteiger partial charge in [-0.05, 0) is 31.5 Å². The topological polar surface area (TPSA) is 76.9 Å². The lowest BCUT2D eigenvalue weighted by Gasteiger charge is -2.06. The molecule has 3 rings (SSSR count). The second kappa shape index (κ2) is 8.05. The van der Waals surface area contributed by atoms with Crippen LogP contribution in [0.15, 0.2) is 46.6 Å². The number of aryl methyl sites for hydroxylation is 3. The first-order valence-electron chi connectivity index (χ1n) is 8.37. The summed E-state index contributed by atoms with van der Waals surface area (Å²) in [5, 5.41) is 10.3. The molecular formula is C19H20N4O2S. The van der Waals surface area contributed by atoms with Crippen LogP contribution in [0.25, 0.3) is 11.3 Å². The summed E-state index contributed by atoms with van der Waals surface area (Å²) in [7, 11) is 1.61. The van der Waals surface area contributed by atoms with E-state index in [9.17, 15) is 9.59 Å². The quantitative estimate of drug-likeness (QED) is 0.679. The number of aromatic nitrogens is 3. The van der Waals surface area contributed by atoms with Crippen molar-refractivity contribution >= 4 is 17.2 Å². The van der Waals surface area contributed by atoms with E-state index in [0.717, 1.165) is 29.1 Å². The number of rotatable bonds is 6. The third kappa shape index (κ3) is 4.43. The number of carbonyl (C=O) groups excluding carboxylic acids is 1. The highest BCUT2D eigenvalue weighted by Crippen LogP contribution is 2.16. The molecule has 1 aromatic carbocycles. The average molecular weight is 368 g/mol. The predicted molar refractivity (Wildman–Crippen MR) is 102 cm³/mol. The summed E-state index contributed by atoms with van der Waals surface area (Å²) in [5.74, 6) is -0.0970. The van der Waals surface area contributed by atoms with E-state index in [4.69, 9.17) is 0 Å².